The molecule has 23 heavy (non-hydrogen) atoms. The van der Waals surface area contributed by atoms with Gasteiger partial charge in [-0.25, -0.2) is 0 Å². The molecule has 0 spiro atoms. The predicted molar refractivity (Wildman–Crippen MR) is 92.7 cm³/mol. The average molecular weight is 324 g/mol. The van der Waals surface area contributed by atoms with E-state index < -0.39 is 11.7 Å². The summed E-state index contributed by atoms with van der Waals surface area (Å²) in [6, 6.07) is 8.53. The highest BCUT2D eigenvalue weighted by molar-refractivity contribution is 5.22. The molecule has 0 saturated heterocycles. The lowest BCUT2D eigenvalue weighted by molar-refractivity contribution is -0.0966. The van der Waals surface area contributed by atoms with Gasteiger partial charge in [-0.05, 0) is 46.6 Å². The van der Waals surface area contributed by atoms with Crippen molar-refractivity contribution in [2.75, 3.05) is 19.8 Å². The van der Waals surface area contributed by atoms with Crippen molar-refractivity contribution >= 4 is 0 Å². The van der Waals surface area contributed by atoms with Crippen LogP contribution in [0.2, 0.25) is 0 Å². The Bertz CT molecular complexity index is 451. The van der Waals surface area contributed by atoms with E-state index in [1.807, 2.05) is 13.8 Å². The molecule has 2 N–H and O–H groups in total. The minimum absolute atomic E-state index is 0.135. The van der Waals surface area contributed by atoms with Crippen molar-refractivity contribution in [2.45, 2.75) is 64.8 Å². The van der Waals surface area contributed by atoms with E-state index in [2.05, 4.69) is 45.0 Å². The summed E-state index contributed by atoms with van der Waals surface area (Å²) in [6.45, 7) is 10.6. The standard InChI is InChI=1S/C19H32O4/c1-15-6-8-16(9-7-15)12-19(4,5)22-11-10-18(2,3)23-14-17(21)13-20/h6-9,17,20-21H,10-14H2,1-5H3. The molecule has 0 heterocycles. The van der Waals surface area contributed by atoms with Crippen molar-refractivity contribution in [3.63, 3.8) is 0 Å². The molecule has 0 saturated carbocycles. The number of aliphatic hydroxyl groups is 2. The third kappa shape index (κ3) is 8.47. The molecule has 4 heteroatoms. The molecule has 0 aliphatic rings. The second-order valence-corrected chi connectivity index (χ2v) is 7.43. The summed E-state index contributed by atoms with van der Waals surface area (Å²) >= 11 is 0. The van der Waals surface area contributed by atoms with Gasteiger partial charge in [0, 0.05) is 6.42 Å². The number of rotatable bonds is 10. The molecule has 132 valence electrons. The van der Waals surface area contributed by atoms with Crippen LogP contribution in [-0.4, -0.2) is 47.3 Å². The van der Waals surface area contributed by atoms with Crippen LogP contribution in [0.25, 0.3) is 0 Å². The van der Waals surface area contributed by atoms with Crippen LogP contribution in [0.15, 0.2) is 24.3 Å². The minimum Gasteiger partial charge on any atom is -0.394 e. The van der Waals surface area contributed by atoms with Gasteiger partial charge in [0.1, 0.15) is 6.10 Å². The zero-order chi connectivity index (χ0) is 17.5. The van der Waals surface area contributed by atoms with E-state index in [0.717, 1.165) is 12.8 Å². The van der Waals surface area contributed by atoms with Crippen molar-refractivity contribution in [3.05, 3.63) is 35.4 Å². The van der Waals surface area contributed by atoms with Crippen LogP contribution in [0.4, 0.5) is 0 Å². The van der Waals surface area contributed by atoms with Crippen molar-refractivity contribution < 1.29 is 19.7 Å². The van der Waals surface area contributed by atoms with Crippen LogP contribution in [0.3, 0.4) is 0 Å². The molecule has 0 aromatic heterocycles. The Morgan fingerprint density at radius 2 is 1.61 bits per heavy atom. The average Bonchev–Trinajstić information content (AvgIpc) is 2.46. The first-order chi connectivity index (χ1) is 10.6. The number of hydrogen-bond donors (Lipinski definition) is 2. The molecule has 0 bridgehead atoms. The highest BCUT2D eigenvalue weighted by Crippen LogP contribution is 2.21. The lowest BCUT2D eigenvalue weighted by Crippen LogP contribution is -2.34. The molecule has 0 radical (unpaired) electrons. The molecular formula is C19H32O4. The number of hydrogen-bond acceptors (Lipinski definition) is 4. The molecule has 1 unspecified atom stereocenters. The quantitative estimate of drug-likeness (QED) is 0.695. The maximum Gasteiger partial charge on any atom is 0.100 e. The number of aryl methyl sites for hydroxylation is 1. The Kier molecular flexibility index (Phi) is 7.68. The van der Waals surface area contributed by atoms with Crippen molar-refractivity contribution in [3.8, 4) is 0 Å². The fraction of sp³-hybridized carbons (Fsp3) is 0.684. The van der Waals surface area contributed by atoms with E-state index in [-0.39, 0.29) is 18.8 Å². The topological polar surface area (TPSA) is 58.9 Å². The van der Waals surface area contributed by atoms with Gasteiger partial charge in [-0.3, -0.25) is 0 Å². The molecular weight excluding hydrogens is 292 g/mol. The fourth-order valence-electron chi connectivity index (χ4n) is 2.27. The van der Waals surface area contributed by atoms with Gasteiger partial charge in [-0.15, -0.1) is 0 Å². The van der Waals surface area contributed by atoms with Gasteiger partial charge < -0.3 is 19.7 Å². The molecule has 4 nitrogen and oxygen atoms in total. The summed E-state index contributed by atoms with van der Waals surface area (Å²) in [6.07, 6.45) is 0.758. The van der Waals surface area contributed by atoms with Gasteiger partial charge in [0.2, 0.25) is 0 Å². The van der Waals surface area contributed by atoms with E-state index in [4.69, 9.17) is 14.6 Å². The lowest BCUT2D eigenvalue weighted by atomic mass is 9.97. The van der Waals surface area contributed by atoms with Gasteiger partial charge in [0.25, 0.3) is 0 Å². The van der Waals surface area contributed by atoms with Crippen LogP contribution in [0, 0.1) is 6.92 Å². The van der Waals surface area contributed by atoms with Crippen molar-refractivity contribution in [1.82, 2.24) is 0 Å². The molecule has 0 aliphatic heterocycles. The highest BCUT2D eigenvalue weighted by atomic mass is 16.5. The molecule has 1 aromatic rings. The van der Waals surface area contributed by atoms with E-state index >= 15 is 0 Å². The van der Waals surface area contributed by atoms with Gasteiger partial charge in [0.05, 0.1) is 31.0 Å². The molecule has 0 fully saturated rings. The maximum absolute atomic E-state index is 9.35. The smallest absolute Gasteiger partial charge is 0.100 e. The Balaban J connectivity index is 2.38. The molecule has 0 amide bonds. The van der Waals surface area contributed by atoms with E-state index in [1.54, 1.807) is 0 Å². The maximum atomic E-state index is 9.35. The SMILES string of the molecule is Cc1ccc(CC(C)(C)OCCC(C)(C)OCC(O)CO)cc1. The molecule has 1 rings (SSSR count). The van der Waals surface area contributed by atoms with Crippen molar-refractivity contribution in [1.29, 1.82) is 0 Å². The van der Waals surface area contributed by atoms with Crippen LogP contribution >= 0.6 is 0 Å². The van der Waals surface area contributed by atoms with Crippen molar-refractivity contribution in [2.24, 2.45) is 0 Å². The Hall–Kier alpha value is -0.940. The summed E-state index contributed by atoms with van der Waals surface area (Å²) in [7, 11) is 0. The Morgan fingerprint density at radius 3 is 2.17 bits per heavy atom. The summed E-state index contributed by atoms with van der Waals surface area (Å²) in [5.74, 6) is 0. The molecule has 1 atom stereocenters. The van der Waals surface area contributed by atoms with Gasteiger partial charge in [-0.1, -0.05) is 29.8 Å². The van der Waals surface area contributed by atoms with E-state index in [0.29, 0.717) is 6.61 Å². The van der Waals surface area contributed by atoms with Crippen LogP contribution < -0.4 is 0 Å². The summed E-state index contributed by atoms with van der Waals surface area (Å²) < 4.78 is 11.7. The Morgan fingerprint density at radius 1 is 1.00 bits per heavy atom. The fourth-order valence-corrected chi connectivity index (χ4v) is 2.27. The highest BCUT2D eigenvalue weighted by Gasteiger charge is 2.23. The number of benzene rings is 1. The van der Waals surface area contributed by atoms with E-state index in [9.17, 15) is 5.11 Å². The third-order valence-electron chi connectivity index (χ3n) is 3.82. The van der Waals surface area contributed by atoms with Crippen LogP contribution in [0.1, 0.15) is 45.2 Å². The first-order valence-corrected chi connectivity index (χ1v) is 8.26. The monoisotopic (exact) mass is 324 g/mol. The largest absolute Gasteiger partial charge is 0.394 e. The first kappa shape index (κ1) is 20.1. The third-order valence-corrected chi connectivity index (χ3v) is 3.82. The van der Waals surface area contributed by atoms with Gasteiger partial charge >= 0.3 is 0 Å². The first-order valence-electron chi connectivity index (χ1n) is 8.26. The zero-order valence-corrected chi connectivity index (χ0v) is 15.1. The number of ether oxygens (including phenoxy) is 2. The lowest BCUT2D eigenvalue weighted by Gasteiger charge is -2.30. The normalized spacial score (nSPS) is 14.0. The molecule has 1 aromatic carbocycles. The second kappa shape index (κ2) is 8.78. The number of aliphatic hydroxyl groups excluding tert-OH is 2. The summed E-state index contributed by atoms with van der Waals surface area (Å²) in [5, 5.41) is 18.2. The summed E-state index contributed by atoms with van der Waals surface area (Å²) in [4.78, 5) is 0. The minimum atomic E-state index is -0.826. The van der Waals surface area contributed by atoms with E-state index in [1.165, 1.54) is 11.1 Å². The molecule has 0 aliphatic carbocycles. The van der Waals surface area contributed by atoms with Crippen LogP contribution in [0.5, 0.6) is 0 Å². The van der Waals surface area contributed by atoms with Crippen LogP contribution in [-0.2, 0) is 15.9 Å². The van der Waals surface area contributed by atoms with Gasteiger partial charge in [-0.2, -0.15) is 0 Å². The predicted octanol–water partition coefficient (Wildman–Crippen LogP) is 2.87. The summed E-state index contributed by atoms with van der Waals surface area (Å²) in [5.41, 5.74) is 1.89. The Labute approximate surface area is 140 Å². The van der Waals surface area contributed by atoms with Gasteiger partial charge in [0.15, 0.2) is 0 Å². The second-order valence-electron chi connectivity index (χ2n) is 7.43. The zero-order valence-electron chi connectivity index (χ0n) is 15.1.